The van der Waals surface area contributed by atoms with Crippen LogP contribution in [0.1, 0.15) is 27.2 Å². The fraction of sp³-hybridized carbons (Fsp3) is 0.500. The van der Waals surface area contributed by atoms with Gasteiger partial charge in [0, 0.05) is 19.6 Å². The van der Waals surface area contributed by atoms with Crippen LogP contribution in [0, 0.1) is 5.92 Å². The molecule has 30 heavy (non-hydrogen) atoms. The highest BCUT2D eigenvalue weighted by Crippen LogP contribution is 2.38. The van der Waals surface area contributed by atoms with Gasteiger partial charge in [-0.1, -0.05) is 81.4 Å². The van der Waals surface area contributed by atoms with E-state index in [0.717, 1.165) is 10.4 Å². The van der Waals surface area contributed by atoms with Crippen LogP contribution in [-0.4, -0.2) is 61.8 Å². The first kappa shape index (κ1) is 23.1. The summed E-state index contributed by atoms with van der Waals surface area (Å²) in [5.74, 6) is -0.338. The lowest BCUT2D eigenvalue weighted by atomic mass is 9.81. The zero-order chi connectivity index (χ0) is 21.9. The Hall–Kier alpha value is -1.54. The summed E-state index contributed by atoms with van der Waals surface area (Å²) in [4.78, 5) is 0. The topological polar surface area (TPSA) is 79.2 Å². The summed E-state index contributed by atoms with van der Waals surface area (Å²) in [7, 11) is -1.22. The molecule has 0 spiro atoms. The molecule has 0 amide bonds. The van der Waals surface area contributed by atoms with Gasteiger partial charge < -0.3 is 24.5 Å². The molecule has 1 aliphatic carbocycles. The van der Waals surface area contributed by atoms with Gasteiger partial charge in [0.1, 0.15) is 12.2 Å². The number of aliphatic hydroxyl groups is 3. The largest absolute Gasteiger partial charge is 0.407 e. The molecule has 0 bridgehead atoms. The maximum atomic E-state index is 10.6. The first-order valence-electron chi connectivity index (χ1n) is 10.5. The Kier molecular flexibility index (Phi) is 7.17. The summed E-state index contributed by atoms with van der Waals surface area (Å²) >= 11 is 0. The number of benzene rings is 2. The van der Waals surface area contributed by atoms with Gasteiger partial charge in [-0.05, 0) is 21.8 Å². The quantitative estimate of drug-likeness (QED) is 0.608. The van der Waals surface area contributed by atoms with Crippen molar-refractivity contribution >= 4 is 18.7 Å². The zero-order valence-electron chi connectivity index (χ0n) is 18.2. The highest BCUT2D eigenvalue weighted by molar-refractivity contribution is 6.99. The predicted octanol–water partition coefficient (Wildman–Crippen LogP) is 1.68. The second-order valence-electron chi connectivity index (χ2n) is 9.22. The monoisotopic (exact) mass is 430 g/mol. The Bertz CT molecular complexity index is 751. The third-order valence-electron chi connectivity index (χ3n) is 6.33. The smallest absolute Gasteiger partial charge is 0.261 e. The molecular formula is C24H34O5Si. The Morgan fingerprint density at radius 2 is 1.33 bits per heavy atom. The second kappa shape index (κ2) is 9.30. The molecule has 164 valence electrons. The summed E-state index contributed by atoms with van der Waals surface area (Å²) in [6.45, 7) is 6.88. The van der Waals surface area contributed by atoms with E-state index in [-0.39, 0.29) is 17.6 Å². The number of rotatable bonds is 6. The standard InChI is InChI=1S/C24H34O5Si/c1-24(2,3)30(18-11-7-5-8-12-18,19-13-9-6-10-14-19)29-16-17-15-20(28-4)22(26)23(27)21(17)25/h5-14,17,20-23,25-27H,15-16H2,1-4H3. The summed E-state index contributed by atoms with van der Waals surface area (Å²) in [6, 6.07) is 20.6. The maximum Gasteiger partial charge on any atom is 0.261 e. The Balaban J connectivity index is 2.00. The van der Waals surface area contributed by atoms with Gasteiger partial charge in [0.2, 0.25) is 0 Å². The summed E-state index contributed by atoms with van der Waals surface area (Å²) < 4.78 is 12.2. The highest BCUT2D eigenvalue weighted by Gasteiger charge is 2.51. The molecule has 0 heterocycles. The Labute approximate surface area is 180 Å². The van der Waals surface area contributed by atoms with Crippen LogP contribution in [0.2, 0.25) is 5.04 Å². The third-order valence-corrected chi connectivity index (χ3v) is 11.3. The van der Waals surface area contributed by atoms with Gasteiger partial charge in [0.25, 0.3) is 8.32 Å². The van der Waals surface area contributed by atoms with E-state index in [4.69, 9.17) is 9.16 Å². The van der Waals surface area contributed by atoms with Gasteiger partial charge in [-0.3, -0.25) is 0 Å². The molecule has 2 aromatic carbocycles. The lowest BCUT2D eigenvalue weighted by molar-refractivity contribution is -0.170. The molecule has 1 saturated carbocycles. The molecule has 5 atom stereocenters. The molecule has 3 N–H and O–H groups in total. The van der Waals surface area contributed by atoms with Crippen molar-refractivity contribution in [2.45, 2.75) is 56.6 Å². The van der Waals surface area contributed by atoms with E-state index in [9.17, 15) is 15.3 Å². The molecule has 0 radical (unpaired) electrons. The maximum absolute atomic E-state index is 10.6. The number of hydrogen-bond donors (Lipinski definition) is 3. The van der Waals surface area contributed by atoms with Gasteiger partial charge in [0.15, 0.2) is 0 Å². The molecule has 3 rings (SSSR count). The van der Waals surface area contributed by atoms with Gasteiger partial charge in [0.05, 0.1) is 12.2 Å². The number of ether oxygens (including phenoxy) is 1. The van der Waals surface area contributed by atoms with Crippen molar-refractivity contribution in [2.24, 2.45) is 5.92 Å². The Morgan fingerprint density at radius 1 is 0.833 bits per heavy atom. The van der Waals surface area contributed by atoms with Crippen LogP contribution < -0.4 is 10.4 Å². The molecule has 5 unspecified atom stereocenters. The molecule has 2 aromatic rings. The van der Waals surface area contributed by atoms with Gasteiger partial charge in [-0.25, -0.2) is 0 Å². The van der Waals surface area contributed by atoms with E-state index in [1.165, 1.54) is 7.11 Å². The van der Waals surface area contributed by atoms with Gasteiger partial charge >= 0.3 is 0 Å². The minimum absolute atomic E-state index is 0.173. The van der Waals surface area contributed by atoms with Crippen LogP contribution in [0.4, 0.5) is 0 Å². The van der Waals surface area contributed by atoms with E-state index in [2.05, 4.69) is 45.0 Å². The van der Waals surface area contributed by atoms with Crippen LogP contribution in [-0.2, 0) is 9.16 Å². The molecule has 0 aliphatic heterocycles. The van der Waals surface area contributed by atoms with E-state index in [1.54, 1.807) is 0 Å². The normalized spacial score (nSPS) is 27.8. The fourth-order valence-corrected chi connectivity index (χ4v) is 9.29. The van der Waals surface area contributed by atoms with Crippen molar-refractivity contribution in [3.05, 3.63) is 60.7 Å². The van der Waals surface area contributed by atoms with Crippen LogP contribution >= 0.6 is 0 Å². The minimum atomic E-state index is -2.73. The number of methoxy groups -OCH3 is 1. The molecule has 0 aromatic heterocycles. The predicted molar refractivity (Wildman–Crippen MR) is 120 cm³/mol. The second-order valence-corrected chi connectivity index (χ2v) is 13.5. The summed E-state index contributed by atoms with van der Waals surface area (Å²) in [5.41, 5.74) is 0. The molecule has 5 nitrogen and oxygen atoms in total. The van der Waals surface area contributed by atoms with Crippen molar-refractivity contribution in [3.63, 3.8) is 0 Å². The molecule has 6 heteroatoms. The lowest BCUT2D eigenvalue weighted by Crippen LogP contribution is -2.67. The van der Waals surface area contributed by atoms with Crippen LogP contribution in [0.3, 0.4) is 0 Å². The average molecular weight is 431 g/mol. The van der Waals surface area contributed by atoms with E-state index in [1.807, 2.05) is 36.4 Å². The lowest BCUT2D eigenvalue weighted by Gasteiger charge is -2.45. The summed E-state index contributed by atoms with van der Waals surface area (Å²) in [6.07, 6.45) is -3.53. The van der Waals surface area contributed by atoms with E-state index >= 15 is 0 Å². The Morgan fingerprint density at radius 3 is 1.77 bits per heavy atom. The zero-order valence-corrected chi connectivity index (χ0v) is 19.2. The minimum Gasteiger partial charge on any atom is -0.407 e. The van der Waals surface area contributed by atoms with Crippen molar-refractivity contribution < 1.29 is 24.5 Å². The summed E-state index contributed by atoms with van der Waals surface area (Å²) in [5, 5.41) is 33.3. The SMILES string of the molecule is COC1CC(CO[Si](c2ccccc2)(c2ccccc2)C(C)(C)C)C(O)C(O)C1O. The first-order valence-corrected chi connectivity index (χ1v) is 12.4. The number of aliphatic hydroxyl groups excluding tert-OH is 3. The first-order chi connectivity index (χ1) is 14.2. The molecular weight excluding hydrogens is 396 g/mol. The highest BCUT2D eigenvalue weighted by atomic mass is 28.4. The van der Waals surface area contributed by atoms with Crippen LogP contribution in [0.25, 0.3) is 0 Å². The average Bonchev–Trinajstić information content (AvgIpc) is 2.74. The van der Waals surface area contributed by atoms with Crippen molar-refractivity contribution in [1.82, 2.24) is 0 Å². The van der Waals surface area contributed by atoms with E-state index < -0.39 is 32.7 Å². The molecule has 1 fully saturated rings. The van der Waals surface area contributed by atoms with Gasteiger partial charge in [-0.15, -0.1) is 0 Å². The number of hydrogen-bond acceptors (Lipinski definition) is 5. The van der Waals surface area contributed by atoms with Gasteiger partial charge in [-0.2, -0.15) is 0 Å². The van der Waals surface area contributed by atoms with Crippen LogP contribution in [0.5, 0.6) is 0 Å². The van der Waals surface area contributed by atoms with Crippen molar-refractivity contribution in [1.29, 1.82) is 0 Å². The van der Waals surface area contributed by atoms with Crippen molar-refractivity contribution in [2.75, 3.05) is 13.7 Å². The molecule has 1 aliphatic rings. The van der Waals surface area contributed by atoms with Crippen LogP contribution in [0.15, 0.2) is 60.7 Å². The van der Waals surface area contributed by atoms with E-state index in [0.29, 0.717) is 6.42 Å². The molecule has 0 saturated heterocycles. The van der Waals surface area contributed by atoms with Crippen molar-refractivity contribution in [3.8, 4) is 0 Å². The fourth-order valence-electron chi connectivity index (χ4n) is 4.67. The third kappa shape index (κ3) is 4.26.